The third-order valence-corrected chi connectivity index (χ3v) is 2.95. The van der Waals surface area contributed by atoms with E-state index in [1.54, 1.807) is 30.3 Å². The summed E-state index contributed by atoms with van der Waals surface area (Å²) >= 11 is 0. The molecular weight excluding hydrogens is 313 g/mol. The van der Waals surface area contributed by atoms with Gasteiger partial charge in [-0.1, -0.05) is 12.1 Å². The molecule has 2 aromatic rings. The first kappa shape index (κ1) is 17.0. The van der Waals surface area contributed by atoms with E-state index >= 15 is 0 Å². The van der Waals surface area contributed by atoms with Crippen molar-refractivity contribution >= 4 is 12.0 Å². The molecular formula is C18H14FNO4. The highest BCUT2D eigenvalue weighted by molar-refractivity contribution is 5.96. The summed E-state index contributed by atoms with van der Waals surface area (Å²) in [5.41, 5.74) is 0.192. The van der Waals surface area contributed by atoms with E-state index in [9.17, 15) is 9.18 Å². The molecule has 0 aromatic heterocycles. The summed E-state index contributed by atoms with van der Waals surface area (Å²) in [4.78, 5) is 10.8. The minimum absolute atomic E-state index is 0.259. The second kappa shape index (κ2) is 8.34. The van der Waals surface area contributed by atoms with Crippen molar-refractivity contribution in [1.82, 2.24) is 0 Å². The van der Waals surface area contributed by atoms with E-state index in [0.29, 0.717) is 17.1 Å². The lowest BCUT2D eigenvalue weighted by Crippen LogP contribution is -2.09. The van der Waals surface area contributed by atoms with E-state index in [1.165, 1.54) is 30.3 Å². The maximum Gasteiger partial charge on any atom is 0.346 e. The van der Waals surface area contributed by atoms with Gasteiger partial charge in [0.1, 0.15) is 42.2 Å². The van der Waals surface area contributed by atoms with Gasteiger partial charge >= 0.3 is 5.97 Å². The number of carboxylic acid groups (broad SMARTS) is 1. The van der Waals surface area contributed by atoms with E-state index in [-0.39, 0.29) is 24.6 Å². The molecule has 0 aliphatic rings. The summed E-state index contributed by atoms with van der Waals surface area (Å²) in [5.74, 6) is -0.552. The fourth-order valence-electron chi connectivity index (χ4n) is 1.85. The van der Waals surface area contributed by atoms with Crippen molar-refractivity contribution in [2.75, 3.05) is 13.2 Å². The summed E-state index contributed by atoms with van der Waals surface area (Å²) in [5, 5.41) is 17.6. The molecule has 0 fully saturated rings. The Morgan fingerprint density at radius 1 is 1.12 bits per heavy atom. The molecule has 0 amide bonds. The van der Waals surface area contributed by atoms with Crippen LogP contribution in [0.2, 0.25) is 0 Å². The van der Waals surface area contributed by atoms with E-state index in [2.05, 4.69) is 0 Å². The quantitative estimate of drug-likeness (QED) is 0.479. The SMILES string of the molecule is N#CC(=Cc1cccc(OCCOc2ccc(F)cc2)c1)C(=O)O. The molecule has 2 aromatic carbocycles. The zero-order valence-corrected chi connectivity index (χ0v) is 12.6. The van der Waals surface area contributed by atoms with Crippen LogP contribution in [0.4, 0.5) is 4.39 Å². The molecule has 0 atom stereocenters. The average Bonchev–Trinajstić information content (AvgIpc) is 2.58. The van der Waals surface area contributed by atoms with Crippen LogP contribution in [-0.4, -0.2) is 24.3 Å². The van der Waals surface area contributed by atoms with Crippen LogP contribution >= 0.6 is 0 Å². The van der Waals surface area contributed by atoms with Gasteiger partial charge in [-0.2, -0.15) is 5.26 Å². The van der Waals surface area contributed by atoms with Crippen molar-refractivity contribution in [3.63, 3.8) is 0 Å². The van der Waals surface area contributed by atoms with Crippen LogP contribution in [0.15, 0.2) is 54.1 Å². The van der Waals surface area contributed by atoms with E-state index in [0.717, 1.165) is 0 Å². The second-order valence-electron chi connectivity index (χ2n) is 4.70. The van der Waals surface area contributed by atoms with Crippen LogP contribution < -0.4 is 9.47 Å². The van der Waals surface area contributed by atoms with Gasteiger partial charge < -0.3 is 14.6 Å². The summed E-state index contributed by atoms with van der Waals surface area (Å²) in [6.45, 7) is 0.527. The number of nitriles is 1. The predicted octanol–water partition coefficient (Wildman–Crippen LogP) is 3.28. The first-order valence-corrected chi connectivity index (χ1v) is 7.05. The average molecular weight is 327 g/mol. The molecule has 2 rings (SSSR count). The Balaban J connectivity index is 1.89. The number of rotatable bonds is 7. The standard InChI is InChI=1S/C18H14FNO4/c19-15-4-6-16(7-5-15)23-8-9-24-17-3-1-2-13(11-17)10-14(12-20)18(21)22/h1-7,10-11H,8-9H2,(H,21,22). The van der Waals surface area contributed by atoms with Crippen molar-refractivity contribution < 1.29 is 23.8 Å². The maximum atomic E-state index is 12.8. The molecule has 0 unspecified atom stereocenters. The Hall–Kier alpha value is -3.33. The van der Waals surface area contributed by atoms with Gasteiger partial charge in [-0.15, -0.1) is 0 Å². The molecule has 0 bridgehead atoms. The largest absolute Gasteiger partial charge is 0.490 e. The maximum absolute atomic E-state index is 12.8. The van der Waals surface area contributed by atoms with Crippen LogP contribution in [0.25, 0.3) is 6.08 Å². The molecule has 0 aliphatic carbocycles. The van der Waals surface area contributed by atoms with E-state index in [1.807, 2.05) is 0 Å². The third-order valence-electron chi connectivity index (χ3n) is 2.95. The molecule has 1 N–H and O–H groups in total. The highest BCUT2D eigenvalue weighted by Crippen LogP contribution is 2.16. The van der Waals surface area contributed by atoms with Crippen molar-refractivity contribution in [3.05, 3.63) is 65.5 Å². The fourth-order valence-corrected chi connectivity index (χ4v) is 1.85. The minimum atomic E-state index is -1.28. The zero-order chi connectivity index (χ0) is 17.4. The summed E-state index contributed by atoms with van der Waals surface area (Å²) in [6.07, 6.45) is 1.27. The van der Waals surface area contributed by atoms with Crippen molar-refractivity contribution in [2.45, 2.75) is 0 Å². The Morgan fingerprint density at radius 2 is 1.79 bits per heavy atom. The number of hydrogen-bond donors (Lipinski definition) is 1. The van der Waals surface area contributed by atoms with Crippen molar-refractivity contribution in [3.8, 4) is 17.6 Å². The van der Waals surface area contributed by atoms with Gasteiger partial charge in [0.2, 0.25) is 0 Å². The Labute approximate surface area is 138 Å². The monoisotopic (exact) mass is 327 g/mol. The van der Waals surface area contributed by atoms with Crippen LogP contribution in [0, 0.1) is 17.1 Å². The zero-order valence-electron chi connectivity index (χ0n) is 12.6. The topological polar surface area (TPSA) is 79.5 Å². The van der Waals surface area contributed by atoms with E-state index < -0.39 is 5.97 Å². The van der Waals surface area contributed by atoms with Gasteiger partial charge in [0.25, 0.3) is 0 Å². The van der Waals surface area contributed by atoms with Gasteiger partial charge in [-0.25, -0.2) is 9.18 Å². The molecule has 122 valence electrons. The Kier molecular flexibility index (Phi) is 5.92. The Morgan fingerprint density at radius 3 is 2.42 bits per heavy atom. The Bertz CT molecular complexity index is 778. The van der Waals surface area contributed by atoms with Gasteiger partial charge in [0.15, 0.2) is 0 Å². The normalized spacial score (nSPS) is 10.8. The molecule has 0 saturated heterocycles. The molecule has 24 heavy (non-hydrogen) atoms. The lowest BCUT2D eigenvalue weighted by molar-refractivity contribution is -0.132. The molecule has 0 spiro atoms. The molecule has 0 radical (unpaired) electrons. The number of carbonyl (C=O) groups is 1. The highest BCUT2D eigenvalue weighted by Gasteiger charge is 2.06. The fraction of sp³-hybridized carbons (Fsp3) is 0.111. The summed E-state index contributed by atoms with van der Waals surface area (Å²) in [6, 6.07) is 14.0. The van der Waals surface area contributed by atoms with Crippen LogP contribution in [0.1, 0.15) is 5.56 Å². The van der Waals surface area contributed by atoms with Crippen LogP contribution in [-0.2, 0) is 4.79 Å². The number of hydrogen-bond acceptors (Lipinski definition) is 4. The van der Waals surface area contributed by atoms with Crippen molar-refractivity contribution in [2.24, 2.45) is 0 Å². The molecule has 0 aliphatic heterocycles. The summed E-state index contributed by atoms with van der Waals surface area (Å²) < 4.78 is 23.7. The van der Waals surface area contributed by atoms with Crippen molar-refractivity contribution in [1.29, 1.82) is 5.26 Å². The number of carboxylic acids is 1. The van der Waals surface area contributed by atoms with Gasteiger partial charge in [-0.05, 0) is 48.0 Å². The van der Waals surface area contributed by atoms with Crippen LogP contribution in [0.5, 0.6) is 11.5 Å². The number of halogens is 1. The lowest BCUT2D eigenvalue weighted by Gasteiger charge is -2.09. The van der Waals surface area contributed by atoms with Gasteiger partial charge in [0, 0.05) is 0 Å². The lowest BCUT2D eigenvalue weighted by atomic mass is 10.1. The minimum Gasteiger partial charge on any atom is -0.490 e. The predicted molar refractivity (Wildman–Crippen MR) is 85.1 cm³/mol. The number of nitrogens with zero attached hydrogens (tertiary/aromatic N) is 1. The van der Waals surface area contributed by atoms with Crippen LogP contribution in [0.3, 0.4) is 0 Å². The first-order chi connectivity index (χ1) is 11.6. The van der Waals surface area contributed by atoms with Gasteiger partial charge in [-0.3, -0.25) is 0 Å². The first-order valence-electron chi connectivity index (χ1n) is 7.05. The molecule has 0 saturated carbocycles. The smallest absolute Gasteiger partial charge is 0.346 e. The number of aliphatic carboxylic acids is 1. The van der Waals surface area contributed by atoms with Gasteiger partial charge in [0.05, 0.1) is 0 Å². The molecule has 0 heterocycles. The highest BCUT2D eigenvalue weighted by atomic mass is 19.1. The number of ether oxygens (including phenoxy) is 2. The molecule has 5 nitrogen and oxygen atoms in total. The molecule has 6 heteroatoms. The number of benzene rings is 2. The summed E-state index contributed by atoms with van der Waals surface area (Å²) in [7, 11) is 0. The van der Waals surface area contributed by atoms with E-state index in [4.69, 9.17) is 19.8 Å². The second-order valence-corrected chi connectivity index (χ2v) is 4.70. The third kappa shape index (κ3) is 5.14.